The van der Waals surface area contributed by atoms with Gasteiger partial charge in [0.1, 0.15) is 0 Å². The molecule has 0 atom stereocenters. The lowest BCUT2D eigenvalue weighted by molar-refractivity contribution is 0.242. The summed E-state index contributed by atoms with van der Waals surface area (Å²) in [5.41, 5.74) is 2.91. The smallest absolute Gasteiger partial charge is 0.257 e. The third-order valence-corrected chi connectivity index (χ3v) is 4.52. The second-order valence-corrected chi connectivity index (χ2v) is 6.50. The Morgan fingerprint density at radius 3 is 2.84 bits per heavy atom. The predicted octanol–water partition coefficient (Wildman–Crippen LogP) is 1.90. The molecule has 0 saturated carbocycles. The standard InChI is InChI=1S/C19H26N4O2/c24-12-6-2-5-10-20-19-21-17-9-11-23(14-16(17)18(25)22-19)13-15-7-3-1-4-8-15/h1,3-4,7-8,24H,2,5-6,9-14H2,(H2,20,21,22,25). The molecular formula is C19H26N4O2. The van der Waals surface area contributed by atoms with E-state index in [1.165, 1.54) is 5.56 Å². The molecule has 2 aromatic rings. The third kappa shape index (κ3) is 4.90. The molecule has 0 fully saturated rings. The van der Waals surface area contributed by atoms with Gasteiger partial charge in [0.25, 0.3) is 5.56 Å². The maximum absolute atomic E-state index is 12.4. The van der Waals surface area contributed by atoms with Crippen molar-refractivity contribution >= 4 is 5.95 Å². The molecule has 3 rings (SSSR count). The fraction of sp³-hybridized carbons (Fsp3) is 0.474. The number of benzene rings is 1. The van der Waals surface area contributed by atoms with Gasteiger partial charge in [-0.05, 0) is 24.8 Å². The summed E-state index contributed by atoms with van der Waals surface area (Å²) < 4.78 is 0. The SMILES string of the molecule is O=c1[nH]c(NCCCCCO)nc2c1CN(Cc1ccccc1)CC2. The number of aromatic nitrogens is 2. The van der Waals surface area contributed by atoms with Crippen molar-refractivity contribution < 1.29 is 5.11 Å². The first-order chi connectivity index (χ1) is 12.3. The summed E-state index contributed by atoms with van der Waals surface area (Å²) in [6.07, 6.45) is 3.53. The molecular weight excluding hydrogens is 316 g/mol. The van der Waals surface area contributed by atoms with Gasteiger partial charge < -0.3 is 10.4 Å². The average molecular weight is 342 g/mol. The Kier molecular flexibility index (Phi) is 6.19. The molecule has 3 N–H and O–H groups in total. The molecule has 2 heterocycles. The number of nitrogens with zero attached hydrogens (tertiary/aromatic N) is 2. The number of aromatic amines is 1. The van der Waals surface area contributed by atoms with Gasteiger partial charge >= 0.3 is 0 Å². The first-order valence-corrected chi connectivity index (χ1v) is 8.99. The highest BCUT2D eigenvalue weighted by molar-refractivity contribution is 5.31. The Balaban J connectivity index is 1.60. The third-order valence-electron chi connectivity index (χ3n) is 4.52. The zero-order valence-corrected chi connectivity index (χ0v) is 14.5. The van der Waals surface area contributed by atoms with Gasteiger partial charge in [0.15, 0.2) is 0 Å². The van der Waals surface area contributed by atoms with E-state index in [0.29, 0.717) is 12.5 Å². The number of anilines is 1. The van der Waals surface area contributed by atoms with Crippen molar-refractivity contribution in [1.29, 1.82) is 0 Å². The number of nitrogens with one attached hydrogen (secondary N) is 2. The summed E-state index contributed by atoms with van der Waals surface area (Å²) in [5, 5.41) is 12.0. The number of rotatable bonds is 8. The van der Waals surface area contributed by atoms with E-state index in [1.54, 1.807) is 0 Å². The van der Waals surface area contributed by atoms with Crippen molar-refractivity contribution in [2.75, 3.05) is 25.0 Å². The van der Waals surface area contributed by atoms with Gasteiger partial charge in [-0.3, -0.25) is 14.7 Å². The van der Waals surface area contributed by atoms with Crippen LogP contribution in [0.2, 0.25) is 0 Å². The Morgan fingerprint density at radius 1 is 1.20 bits per heavy atom. The second kappa shape index (κ2) is 8.78. The Morgan fingerprint density at radius 2 is 2.04 bits per heavy atom. The van der Waals surface area contributed by atoms with Crippen LogP contribution in [-0.4, -0.2) is 39.7 Å². The Labute approximate surface area is 147 Å². The summed E-state index contributed by atoms with van der Waals surface area (Å²) >= 11 is 0. The summed E-state index contributed by atoms with van der Waals surface area (Å²) in [6.45, 7) is 3.39. The van der Waals surface area contributed by atoms with Crippen LogP contribution >= 0.6 is 0 Å². The minimum Gasteiger partial charge on any atom is -0.396 e. The highest BCUT2D eigenvalue weighted by Gasteiger charge is 2.21. The van der Waals surface area contributed by atoms with Crippen molar-refractivity contribution in [3.63, 3.8) is 0 Å². The van der Waals surface area contributed by atoms with Crippen LogP contribution in [0.4, 0.5) is 5.95 Å². The zero-order valence-electron chi connectivity index (χ0n) is 14.5. The lowest BCUT2D eigenvalue weighted by atomic mass is 10.1. The highest BCUT2D eigenvalue weighted by atomic mass is 16.2. The maximum Gasteiger partial charge on any atom is 0.257 e. The molecule has 6 nitrogen and oxygen atoms in total. The number of aliphatic hydroxyl groups excluding tert-OH is 1. The van der Waals surface area contributed by atoms with Crippen molar-refractivity contribution in [1.82, 2.24) is 14.9 Å². The molecule has 0 spiro atoms. The largest absolute Gasteiger partial charge is 0.396 e. The van der Waals surface area contributed by atoms with Gasteiger partial charge in [-0.1, -0.05) is 30.3 Å². The number of unbranched alkanes of at least 4 members (excludes halogenated alkanes) is 2. The monoisotopic (exact) mass is 342 g/mol. The van der Waals surface area contributed by atoms with E-state index in [0.717, 1.165) is 56.6 Å². The van der Waals surface area contributed by atoms with E-state index in [-0.39, 0.29) is 12.2 Å². The molecule has 6 heteroatoms. The molecule has 0 saturated heterocycles. The molecule has 1 aliphatic rings. The summed E-state index contributed by atoms with van der Waals surface area (Å²) in [7, 11) is 0. The zero-order chi connectivity index (χ0) is 17.5. The van der Waals surface area contributed by atoms with Crippen molar-refractivity contribution in [2.45, 2.75) is 38.8 Å². The molecule has 1 aromatic heterocycles. The minimum atomic E-state index is -0.0411. The lowest BCUT2D eigenvalue weighted by Gasteiger charge is -2.27. The maximum atomic E-state index is 12.4. The van der Waals surface area contributed by atoms with E-state index >= 15 is 0 Å². The molecule has 134 valence electrons. The number of hydrogen-bond acceptors (Lipinski definition) is 5. The van der Waals surface area contributed by atoms with E-state index in [4.69, 9.17) is 5.11 Å². The van der Waals surface area contributed by atoms with E-state index in [9.17, 15) is 4.79 Å². The van der Waals surface area contributed by atoms with Crippen LogP contribution in [0.15, 0.2) is 35.1 Å². The summed E-state index contributed by atoms with van der Waals surface area (Å²) in [5.74, 6) is 0.559. The fourth-order valence-electron chi connectivity index (χ4n) is 3.16. The van der Waals surface area contributed by atoms with Gasteiger partial charge in [0.2, 0.25) is 5.95 Å². The van der Waals surface area contributed by atoms with Crippen LogP contribution in [-0.2, 0) is 19.5 Å². The molecule has 1 aromatic carbocycles. The fourth-order valence-corrected chi connectivity index (χ4v) is 3.16. The molecule has 0 unspecified atom stereocenters. The lowest BCUT2D eigenvalue weighted by Crippen LogP contribution is -2.35. The summed E-state index contributed by atoms with van der Waals surface area (Å²) in [4.78, 5) is 22.2. The normalized spacial score (nSPS) is 14.3. The van der Waals surface area contributed by atoms with Crippen LogP contribution in [0.3, 0.4) is 0 Å². The van der Waals surface area contributed by atoms with Crippen LogP contribution < -0.4 is 10.9 Å². The van der Waals surface area contributed by atoms with Crippen LogP contribution in [0.1, 0.15) is 36.1 Å². The quantitative estimate of drug-likeness (QED) is 0.639. The van der Waals surface area contributed by atoms with Crippen LogP contribution in [0.25, 0.3) is 0 Å². The molecule has 25 heavy (non-hydrogen) atoms. The van der Waals surface area contributed by atoms with Gasteiger partial charge in [0, 0.05) is 39.2 Å². The molecule has 0 bridgehead atoms. The van der Waals surface area contributed by atoms with Crippen LogP contribution in [0, 0.1) is 0 Å². The van der Waals surface area contributed by atoms with Crippen molar-refractivity contribution in [2.24, 2.45) is 0 Å². The number of fused-ring (bicyclic) bond motifs is 1. The van der Waals surface area contributed by atoms with Gasteiger partial charge in [-0.15, -0.1) is 0 Å². The molecule has 0 radical (unpaired) electrons. The van der Waals surface area contributed by atoms with Gasteiger partial charge in [-0.2, -0.15) is 0 Å². The van der Waals surface area contributed by atoms with E-state index in [1.807, 2.05) is 18.2 Å². The van der Waals surface area contributed by atoms with Crippen molar-refractivity contribution in [3.8, 4) is 0 Å². The predicted molar refractivity (Wildman–Crippen MR) is 98.5 cm³/mol. The Bertz CT molecular complexity index is 730. The number of hydrogen-bond donors (Lipinski definition) is 3. The average Bonchev–Trinajstić information content (AvgIpc) is 2.63. The Hall–Kier alpha value is -2.18. The first-order valence-electron chi connectivity index (χ1n) is 8.99. The van der Waals surface area contributed by atoms with E-state index in [2.05, 4.69) is 32.3 Å². The molecule has 0 amide bonds. The van der Waals surface area contributed by atoms with Crippen molar-refractivity contribution in [3.05, 3.63) is 57.5 Å². The minimum absolute atomic E-state index is 0.0411. The molecule has 0 aliphatic carbocycles. The van der Waals surface area contributed by atoms with Gasteiger partial charge in [0.05, 0.1) is 11.3 Å². The van der Waals surface area contributed by atoms with Crippen LogP contribution in [0.5, 0.6) is 0 Å². The topological polar surface area (TPSA) is 81.2 Å². The number of aliphatic hydroxyl groups is 1. The molecule has 1 aliphatic heterocycles. The van der Waals surface area contributed by atoms with Gasteiger partial charge in [-0.25, -0.2) is 4.98 Å². The second-order valence-electron chi connectivity index (χ2n) is 6.50. The number of H-pyrrole nitrogens is 1. The summed E-state index contributed by atoms with van der Waals surface area (Å²) in [6, 6.07) is 10.3. The van der Waals surface area contributed by atoms with E-state index < -0.39 is 0 Å². The first kappa shape index (κ1) is 17.6. The highest BCUT2D eigenvalue weighted by Crippen LogP contribution is 2.17.